The molecule has 1 aliphatic rings. The van der Waals surface area contributed by atoms with Crippen LogP contribution < -0.4 is 0 Å². The third-order valence-electron chi connectivity index (χ3n) is 6.36. The number of carbonyl (C=O) groups is 1. The Morgan fingerprint density at radius 2 is 1.86 bits per heavy atom. The van der Waals surface area contributed by atoms with E-state index in [0.29, 0.717) is 47.3 Å². The van der Waals surface area contributed by atoms with Crippen LogP contribution in [0.2, 0.25) is 5.15 Å². The van der Waals surface area contributed by atoms with Crippen LogP contribution in [0.15, 0.2) is 47.5 Å². The summed E-state index contributed by atoms with van der Waals surface area (Å²) in [4.78, 5) is 23.7. The molecule has 192 valence electrons. The maximum Gasteiger partial charge on any atom is 0.435 e. The molecule has 0 saturated carbocycles. The van der Waals surface area contributed by atoms with E-state index in [0.717, 1.165) is 15.0 Å². The molecular formula is C25H21BrClF3N6O. The van der Waals surface area contributed by atoms with Crippen molar-refractivity contribution in [2.24, 2.45) is 7.05 Å². The number of aromatic nitrogens is 5. The van der Waals surface area contributed by atoms with Gasteiger partial charge in [-0.15, -0.1) is 0 Å². The third-order valence-corrected chi connectivity index (χ3v) is 7.14. The van der Waals surface area contributed by atoms with Crippen LogP contribution in [-0.4, -0.2) is 41.7 Å². The topological polar surface area (TPSA) is 68.8 Å². The number of halogens is 5. The standard InChI is InChI=1S/C25H21BrClF3N6O/c1-14-31-4-6-35(14)11-15-7-19(21-13-34(2)33-22(21)25(28,29)30)18-3-5-36(24(37)20(18)8-15)12-16-9-17(26)10-32-23(16)27/h4,6-10,13H,3,5,11-12H2,1-2H3. The lowest BCUT2D eigenvalue weighted by atomic mass is 9.88. The van der Waals surface area contributed by atoms with E-state index < -0.39 is 11.9 Å². The fraction of sp³-hybridized carbons (Fsp3) is 0.280. The maximum absolute atomic E-state index is 13.9. The van der Waals surface area contributed by atoms with E-state index in [1.54, 1.807) is 41.7 Å². The quantitative estimate of drug-likeness (QED) is 0.280. The number of hydrogen-bond acceptors (Lipinski definition) is 4. The van der Waals surface area contributed by atoms with Gasteiger partial charge in [0.15, 0.2) is 5.69 Å². The Labute approximate surface area is 224 Å². The average Bonchev–Trinajstić information content (AvgIpc) is 3.43. The molecular weight excluding hydrogens is 573 g/mol. The lowest BCUT2D eigenvalue weighted by Crippen LogP contribution is -2.37. The van der Waals surface area contributed by atoms with Gasteiger partial charge in [-0.25, -0.2) is 9.97 Å². The normalized spacial score (nSPS) is 13.8. The van der Waals surface area contributed by atoms with Gasteiger partial charge in [0.2, 0.25) is 0 Å². The van der Waals surface area contributed by atoms with E-state index in [4.69, 9.17) is 11.6 Å². The van der Waals surface area contributed by atoms with Crippen LogP contribution in [0.3, 0.4) is 0 Å². The second kappa shape index (κ2) is 9.60. The van der Waals surface area contributed by atoms with Gasteiger partial charge < -0.3 is 9.47 Å². The zero-order valence-electron chi connectivity index (χ0n) is 19.9. The van der Waals surface area contributed by atoms with Crippen molar-refractivity contribution >= 4 is 33.4 Å². The first-order chi connectivity index (χ1) is 17.5. The number of alkyl halides is 3. The largest absolute Gasteiger partial charge is 0.435 e. The van der Waals surface area contributed by atoms with Gasteiger partial charge in [-0.05, 0) is 64.2 Å². The molecule has 0 N–H and O–H groups in total. The smallest absolute Gasteiger partial charge is 0.334 e. The molecule has 7 nitrogen and oxygen atoms in total. The van der Waals surface area contributed by atoms with Gasteiger partial charge in [-0.3, -0.25) is 9.48 Å². The van der Waals surface area contributed by atoms with E-state index in [-0.39, 0.29) is 23.2 Å². The van der Waals surface area contributed by atoms with Crippen molar-refractivity contribution in [3.63, 3.8) is 0 Å². The number of aryl methyl sites for hydroxylation is 2. The maximum atomic E-state index is 13.9. The number of imidazole rings is 1. The molecule has 0 atom stereocenters. The van der Waals surface area contributed by atoms with E-state index in [2.05, 4.69) is 31.0 Å². The Kier molecular flexibility index (Phi) is 6.61. The van der Waals surface area contributed by atoms with Gasteiger partial charge in [0.1, 0.15) is 11.0 Å². The number of amides is 1. The lowest BCUT2D eigenvalue weighted by Gasteiger charge is -2.31. The van der Waals surface area contributed by atoms with Gasteiger partial charge in [0, 0.05) is 72.6 Å². The highest BCUT2D eigenvalue weighted by Gasteiger charge is 2.39. The average molecular weight is 594 g/mol. The lowest BCUT2D eigenvalue weighted by molar-refractivity contribution is -0.140. The highest BCUT2D eigenvalue weighted by molar-refractivity contribution is 9.10. The summed E-state index contributed by atoms with van der Waals surface area (Å²) in [5.74, 6) is 0.474. The van der Waals surface area contributed by atoms with Crippen molar-refractivity contribution in [1.29, 1.82) is 0 Å². The van der Waals surface area contributed by atoms with Gasteiger partial charge >= 0.3 is 6.18 Å². The summed E-state index contributed by atoms with van der Waals surface area (Å²) in [6.45, 7) is 2.74. The number of benzene rings is 1. The van der Waals surface area contributed by atoms with Crippen molar-refractivity contribution < 1.29 is 18.0 Å². The Hall–Kier alpha value is -3.18. The molecule has 0 radical (unpaired) electrons. The van der Waals surface area contributed by atoms with Gasteiger partial charge in [-0.1, -0.05) is 11.6 Å². The number of fused-ring (bicyclic) bond motifs is 1. The molecule has 5 rings (SSSR count). The number of nitrogens with zero attached hydrogens (tertiary/aromatic N) is 6. The Morgan fingerprint density at radius 3 is 2.57 bits per heavy atom. The summed E-state index contributed by atoms with van der Waals surface area (Å²) in [5.41, 5.74) is 1.64. The molecule has 0 aliphatic carbocycles. The summed E-state index contributed by atoms with van der Waals surface area (Å²) < 4.78 is 45.5. The monoisotopic (exact) mass is 592 g/mol. The summed E-state index contributed by atoms with van der Waals surface area (Å²) in [7, 11) is 1.45. The fourth-order valence-corrected chi connectivity index (χ4v) is 5.18. The second-order valence-corrected chi connectivity index (χ2v) is 10.2. The van der Waals surface area contributed by atoms with Crippen LogP contribution in [0, 0.1) is 6.92 Å². The molecule has 37 heavy (non-hydrogen) atoms. The van der Waals surface area contributed by atoms with Crippen molar-refractivity contribution in [1.82, 2.24) is 29.2 Å². The van der Waals surface area contributed by atoms with Crippen molar-refractivity contribution in [2.45, 2.75) is 32.6 Å². The molecule has 0 unspecified atom stereocenters. The molecule has 4 heterocycles. The predicted octanol–water partition coefficient (Wildman–Crippen LogP) is 5.67. The zero-order chi connectivity index (χ0) is 26.5. The SMILES string of the molecule is Cc1nccn1Cc1cc2c(c(-c3cn(C)nc3C(F)(F)F)c1)CCN(Cc1cc(Br)cnc1Cl)C2=O. The number of rotatable bonds is 5. The van der Waals surface area contributed by atoms with Crippen LogP contribution in [0.5, 0.6) is 0 Å². The van der Waals surface area contributed by atoms with Crippen LogP contribution in [0.4, 0.5) is 13.2 Å². The summed E-state index contributed by atoms with van der Waals surface area (Å²) in [6.07, 6.45) is 2.11. The molecule has 0 saturated heterocycles. The molecule has 0 spiro atoms. The summed E-state index contributed by atoms with van der Waals surface area (Å²) >= 11 is 9.63. The van der Waals surface area contributed by atoms with E-state index in [9.17, 15) is 18.0 Å². The van der Waals surface area contributed by atoms with Gasteiger partial charge in [-0.2, -0.15) is 18.3 Å². The first-order valence-electron chi connectivity index (χ1n) is 11.3. The minimum Gasteiger partial charge on any atom is -0.334 e. The zero-order valence-corrected chi connectivity index (χ0v) is 22.2. The summed E-state index contributed by atoms with van der Waals surface area (Å²) in [5, 5.41) is 3.98. The highest BCUT2D eigenvalue weighted by Crippen LogP contribution is 2.40. The minimum atomic E-state index is -4.64. The molecule has 1 aliphatic heterocycles. The Balaban J connectivity index is 1.62. The Morgan fingerprint density at radius 1 is 1.11 bits per heavy atom. The fourth-order valence-electron chi connectivity index (χ4n) is 4.64. The molecule has 0 fully saturated rings. The molecule has 3 aromatic heterocycles. The second-order valence-electron chi connectivity index (χ2n) is 8.91. The highest BCUT2D eigenvalue weighted by atomic mass is 79.9. The molecule has 0 bridgehead atoms. The third kappa shape index (κ3) is 5.02. The van der Waals surface area contributed by atoms with Crippen molar-refractivity contribution in [3.05, 3.63) is 86.4 Å². The Bertz CT molecular complexity index is 1510. The summed E-state index contributed by atoms with van der Waals surface area (Å²) in [6, 6.07) is 5.28. The van der Waals surface area contributed by atoms with Crippen LogP contribution in [0.25, 0.3) is 11.1 Å². The minimum absolute atomic E-state index is 0.0454. The predicted molar refractivity (Wildman–Crippen MR) is 135 cm³/mol. The first kappa shape index (κ1) is 25.5. The van der Waals surface area contributed by atoms with E-state index in [1.807, 2.05) is 11.5 Å². The van der Waals surface area contributed by atoms with E-state index >= 15 is 0 Å². The van der Waals surface area contributed by atoms with Crippen LogP contribution in [-0.2, 0) is 32.7 Å². The molecule has 1 amide bonds. The number of hydrogen-bond donors (Lipinski definition) is 0. The van der Waals surface area contributed by atoms with Crippen molar-refractivity contribution in [2.75, 3.05) is 6.54 Å². The number of carbonyl (C=O) groups excluding carboxylic acids is 1. The molecule has 12 heteroatoms. The van der Waals surface area contributed by atoms with Gasteiger partial charge in [0.25, 0.3) is 5.91 Å². The molecule has 4 aromatic rings. The first-order valence-corrected chi connectivity index (χ1v) is 12.5. The van der Waals surface area contributed by atoms with Crippen LogP contribution in [0.1, 0.15) is 38.6 Å². The number of pyridine rings is 1. The van der Waals surface area contributed by atoms with Crippen LogP contribution >= 0.6 is 27.5 Å². The van der Waals surface area contributed by atoms with E-state index in [1.165, 1.54) is 13.2 Å². The van der Waals surface area contributed by atoms with Crippen molar-refractivity contribution in [3.8, 4) is 11.1 Å². The van der Waals surface area contributed by atoms with Gasteiger partial charge in [0.05, 0.1) is 0 Å². The molecule has 1 aromatic carbocycles.